The highest BCUT2D eigenvalue weighted by atomic mass is 32.1. The first-order valence-corrected chi connectivity index (χ1v) is 7.26. The van der Waals surface area contributed by atoms with Crippen molar-refractivity contribution in [1.82, 2.24) is 10.2 Å². The van der Waals surface area contributed by atoms with Crippen LogP contribution in [0.5, 0.6) is 0 Å². The molecule has 19 heavy (non-hydrogen) atoms. The van der Waals surface area contributed by atoms with Crippen LogP contribution in [0.3, 0.4) is 0 Å². The van der Waals surface area contributed by atoms with E-state index in [2.05, 4.69) is 20.0 Å². The second-order valence-corrected chi connectivity index (χ2v) is 5.97. The monoisotopic (exact) mass is 296 g/mol. The van der Waals surface area contributed by atoms with E-state index < -0.39 is 0 Å². The summed E-state index contributed by atoms with van der Waals surface area (Å²) in [4.78, 5) is 4.24. The molecule has 7 heteroatoms. The molecule has 0 radical (unpaired) electrons. The summed E-state index contributed by atoms with van der Waals surface area (Å²) in [6, 6.07) is 6.90. The number of aromatic amines is 1. The molecule has 1 aromatic heterocycles. The molecule has 1 aliphatic rings. The third-order valence-corrected chi connectivity index (χ3v) is 4.32. The maximum absolute atomic E-state index is 13.7. The fraction of sp³-hybridized carbons (Fsp3) is 0.333. The normalized spacial score (nSPS) is 15.8. The van der Waals surface area contributed by atoms with Crippen LogP contribution in [-0.2, 0) is 0 Å². The molecule has 2 heterocycles. The van der Waals surface area contributed by atoms with Crippen molar-refractivity contribution in [1.29, 1.82) is 0 Å². The SMILES string of the molecule is Fc1ccccc1N1CCN(c2n[nH]c(=S)s2)CC1. The topological polar surface area (TPSA) is 35.2 Å². The molecule has 4 nitrogen and oxygen atoms in total. The van der Waals surface area contributed by atoms with E-state index in [1.54, 1.807) is 6.07 Å². The van der Waals surface area contributed by atoms with Crippen molar-refractivity contribution in [2.45, 2.75) is 0 Å². The molecule has 100 valence electrons. The van der Waals surface area contributed by atoms with Crippen LogP contribution >= 0.6 is 23.6 Å². The number of aromatic nitrogens is 2. The van der Waals surface area contributed by atoms with Crippen LogP contribution in [0.1, 0.15) is 0 Å². The van der Waals surface area contributed by atoms with Gasteiger partial charge in [-0.25, -0.2) is 4.39 Å². The van der Waals surface area contributed by atoms with Gasteiger partial charge in [-0.2, -0.15) is 0 Å². The zero-order chi connectivity index (χ0) is 13.2. The lowest BCUT2D eigenvalue weighted by Gasteiger charge is -2.35. The van der Waals surface area contributed by atoms with Crippen LogP contribution in [-0.4, -0.2) is 36.4 Å². The smallest absolute Gasteiger partial charge is 0.207 e. The summed E-state index contributed by atoms with van der Waals surface area (Å²) in [5.74, 6) is -0.161. The fourth-order valence-electron chi connectivity index (χ4n) is 2.20. The minimum atomic E-state index is -0.161. The molecule has 1 N–H and O–H groups in total. The van der Waals surface area contributed by atoms with Crippen LogP contribution in [0.4, 0.5) is 15.2 Å². The molecule has 0 spiro atoms. The van der Waals surface area contributed by atoms with Crippen molar-refractivity contribution in [3.05, 3.63) is 34.0 Å². The Kier molecular flexibility index (Phi) is 3.48. The van der Waals surface area contributed by atoms with Crippen molar-refractivity contribution < 1.29 is 4.39 Å². The Bertz CT molecular complexity index is 616. The lowest BCUT2D eigenvalue weighted by atomic mass is 10.2. The lowest BCUT2D eigenvalue weighted by Crippen LogP contribution is -2.46. The van der Waals surface area contributed by atoms with Crippen molar-refractivity contribution in [3.8, 4) is 0 Å². The molecule has 1 aromatic carbocycles. The van der Waals surface area contributed by atoms with Crippen molar-refractivity contribution in [2.75, 3.05) is 36.0 Å². The van der Waals surface area contributed by atoms with Gasteiger partial charge in [-0.1, -0.05) is 23.5 Å². The zero-order valence-corrected chi connectivity index (χ0v) is 11.8. The molecule has 0 unspecified atom stereocenters. The van der Waals surface area contributed by atoms with Crippen molar-refractivity contribution in [2.24, 2.45) is 0 Å². The third kappa shape index (κ3) is 2.62. The van der Waals surface area contributed by atoms with Gasteiger partial charge in [-0.05, 0) is 24.4 Å². The highest BCUT2D eigenvalue weighted by molar-refractivity contribution is 7.73. The van der Waals surface area contributed by atoms with Gasteiger partial charge in [-0.15, -0.1) is 5.10 Å². The maximum atomic E-state index is 13.7. The van der Waals surface area contributed by atoms with E-state index >= 15 is 0 Å². The quantitative estimate of drug-likeness (QED) is 0.864. The largest absolute Gasteiger partial charge is 0.366 e. The molecule has 0 amide bonds. The Morgan fingerprint density at radius 2 is 1.84 bits per heavy atom. The second-order valence-electron chi connectivity index (χ2n) is 4.32. The van der Waals surface area contributed by atoms with E-state index in [1.165, 1.54) is 17.4 Å². The average molecular weight is 296 g/mol. The Labute approximate surface area is 119 Å². The molecule has 1 fully saturated rings. The van der Waals surface area contributed by atoms with Crippen LogP contribution in [0.25, 0.3) is 0 Å². The Morgan fingerprint density at radius 3 is 2.47 bits per heavy atom. The Balaban J connectivity index is 1.70. The van der Waals surface area contributed by atoms with Crippen LogP contribution in [0, 0.1) is 9.77 Å². The van der Waals surface area contributed by atoms with E-state index in [0.29, 0.717) is 9.64 Å². The van der Waals surface area contributed by atoms with Gasteiger partial charge in [0.25, 0.3) is 0 Å². The van der Waals surface area contributed by atoms with Gasteiger partial charge in [-0.3, -0.25) is 5.10 Å². The number of H-pyrrole nitrogens is 1. The first-order valence-electron chi connectivity index (χ1n) is 6.04. The number of para-hydroxylation sites is 1. The van der Waals surface area contributed by atoms with E-state index in [-0.39, 0.29) is 5.82 Å². The second kappa shape index (κ2) is 5.26. The third-order valence-electron chi connectivity index (χ3n) is 3.17. The summed E-state index contributed by atoms with van der Waals surface area (Å²) in [7, 11) is 0. The standard InChI is InChI=1S/C12H13FN4S2/c13-9-3-1-2-4-10(9)16-5-7-17(8-6-16)11-14-15-12(18)19-11/h1-4H,5-8H2,(H,15,18). The number of benzene rings is 1. The molecular formula is C12H13FN4S2. The number of anilines is 2. The summed E-state index contributed by atoms with van der Waals surface area (Å²) in [6.07, 6.45) is 0. The summed E-state index contributed by atoms with van der Waals surface area (Å²) in [5.41, 5.74) is 0.678. The number of hydrogen-bond donors (Lipinski definition) is 1. The van der Waals surface area contributed by atoms with Crippen LogP contribution < -0.4 is 9.80 Å². The molecular weight excluding hydrogens is 283 g/mol. The summed E-state index contributed by atoms with van der Waals surface area (Å²) >= 11 is 6.51. The highest BCUT2D eigenvalue weighted by Crippen LogP contribution is 2.23. The van der Waals surface area contributed by atoms with E-state index in [9.17, 15) is 4.39 Å². The Morgan fingerprint density at radius 1 is 1.16 bits per heavy atom. The van der Waals surface area contributed by atoms with Gasteiger partial charge in [0.15, 0.2) is 3.95 Å². The molecule has 2 aromatic rings. The minimum Gasteiger partial charge on any atom is -0.366 e. The summed E-state index contributed by atoms with van der Waals surface area (Å²) in [5, 5.41) is 7.88. The first-order chi connectivity index (χ1) is 9.24. The number of hydrogen-bond acceptors (Lipinski definition) is 5. The molecule has 0 aliphatic carbocycles. The van der Waals surface area contributed by atoms with Crippen LogP contribution in [0.2, 0.25) is 0 Å². The van der Waals surface area contributed by atoms with Crippen molar-refractivity contribution in [3.63, 3.8) is 0 Å². The van der Waals surface area contributed by atoms with E-state index in [1.807, 2.05) is 12.1 Å². The molecule has 3 rings (SSSR count). The molecule has 0 bridgehead atoms. The van der Waals surface area contributed by atoms with E-state index in [0.717, 1.165) is 31.3 Å². The van der Waals surface area contributed by atoms with Gasteiger partial charge in [0, 0.05) is 26.2 Å². The minimum absolute atomic E-state index is 0.161. The average Bonchev–Trinajstić information content (AvgIpc) is 2.86. The number of piperazine rings is 1. The number of nitrogens with one attached hydrogen (secondary N) is 1. The number of nitrogens with zero attached hydrogens (tertiary/aromatic N) is 3. The number of rotatable bonds is 2. The van der Waals surface area contributed by atoms with Gasteiger partial charge < -0.3 is 9.80 Å². The predicted molar refractivity (Wildman–Crippen MR) is 78.1 cm³/mol. The van der Waals surface area contributed by atoms with E-state index in [4.69, 9.17) is 12.2 Å². The van der Waals surface area contributed by atoms with Gasteiger partial charge >= 0.3 is 0 Å². The molecule has 0 atom stereocenters. The summed E-state index contributed by atoms with van der Waals surface area (Å²) in [6.45, 7) is 3.22. The Hall–Kier alpha value is -1.47. The lowest BCUT2D eigenvalue weighted by molar-refractivity contribution is 0.597. The fourth-order valence-corrected chi connectivity index (χ4v) is 3.13. The molecule has 1 saturated heterocycles. The van der Waals surface area contributed by atoms with Crippen LogP contribution in [0.15, 0.2) is 24.3 Å². The number of halogens is 1. The van der Waals surface area contributed by atoms with Gasteiger partial charge in [0.2, 0.25) is 5.13 Å². The zero-order valence-electron chi connectivity index (χ0n) is 10.2. The molecule has 0 saturated carbocycles. The highest BCUT2D eigenvalue weighted by Gasteiger charge is 2.20. The molecule has 1 aliphatic heterocycles. The first kappa shape index (κ1) is 12.6. The summed E-state index contributed by atoms with van der Waals surface area (Å²) < 4.78 is 14.4. The van der Waals surface area contributed by atoms with Crippen molar-refractivity contribution >= 4 is 34.4 Å². The van der Waals surface area contributed by atoms with Gasteiger partial charge in [0.05, 0.1) is 5.69 Å². The van der Waals surface area contributed by atoms with Gasteiger partial charge in [0.1, 0.15) is 5.82 Å². The maximum Gasteiger partial charge on any atom is 0.207 e. The predicted octanol–water partition coefficient (Wildman–Crippen LogP) is 2.67.